The number of rotatable bonds is 9. The molecule has 1 aromatic carbocycles. The molecule has 106 valence electrons. The van der Waals surface area contributed by atoms with E-state index in [4.69, 9.17) is 4.74 Å². The van der Waals surface area contributed by atoms with Crippen molar-refractivity contribution in [2.24, 2.45) is 0 Å². The van der Waals surface area contributed by atoms with E-state index in [9.17, 15) is 4.79 Å². The fourth-order valence-corrected chi connectivity index (χ4v) is 1.57. The zero-order valence-corrected chi connectivity index (χ0v) is 11.9. The number of hydrogen-bond acceptors (Lipinski definition) is 3. The highest BCUT2D eigenvalue weighted by Gasteiger charge is 2.05. The van der Waals surface area contributed by atoms with Gasteiger partial charge in [0.05, 0.1) is 0 Å². The molecule has 0 heterocycles. The molecule has 0 aliphatic carbocycles. The topological polar surface area (TPSA) is 41.6 Å². The van der Waals surface area contributed by atoms with Crippen molar-refractivity contribution >= 4 is 5.91 Å². The van der Waals surface area contributed by atoms with Crippen LogP contribution in [-0.2, 0) is 16.1 Å². The molecule has 0 aromatic heterocycles. The van der Waals surface area contributed by atoms with Gasteiger partial charge in [0.1, 0.15) is 6.61 Å². The molecular formula is C15H24N2O2. The highest BCUT2D eigenvalue weighted by molar-refractivity contribution is 5.77. The fourth-order valence-electron chi connectivity index (χ4n) is 1.57. The number of benzene rings is 1. The molecule has 0 saturated heterocycles. The molecule has 4 nitrogen and oxygen atoms in total. The van der Waals surface area contributed by atoms with E-state index >= 15 is 0 Å². The number of amides is 1. The Labute approximate surface area is 115 Å². The van der Waals surface area contributed by atoms with E-state index in [1.165, 1.54) is 5.56 Å². The van der Waals surface area contributed by atoms with E-state index in [-0.39, 0.29) is 12.5 Å². The van der Waals surface area contributed by atoms with E-state index in [1.54, 1.807) is 11.9 Å². The highest BCUT2D eigenvalue weighted by atomic mass is 16.5. The lowest BCUT2D eigenvalue weighted by Crippen LogP contribution is -2.30. The van der Waals surface area contributed by atoms with Gasteiger partial charge in [-0.25, -0.2) is 0 Å². The SMILES string of the molecule is CCN(C)C(=O)COCCCNCc1ccccc1. The summed E-state index contributed by atoms with van der Waals surface area (Å²) in [6, 6.07) is 10.3. The second-order valence-electron chi connectivity index (χ2n) is 4.48. The van der Waals surface area contributed by atoms with Gasteiger partial charge in [0.25, 0.3) is 0 Å². The minimum absolute atomic E-state index is 0.0414. The Kier molecular flexibility index (Phi) is 7.86. The molecule has 0 fully saturated rings. The molecule has 0 unspecified atom stereocenters. The van der Waals surface area contributed by atoms with Crippen LogP contribution in [0, 0.1) is 0 Å². The van der Waals surface area contributed by atoms with E-state index in [0.717, 1.165) is 26.1 Å². The van der Waals surface area contributed by atoms with E-state index in [1.807, 2.05) is 25.1 Å². The lowest BCUT2D eigenvalue weighted by Gasteiger charge is -2.14. The molecule has 0 saturated carbocycles. The maximum Gasteiger partial charge on any atom is 0.248 e. The van der Waals surface area contributed by atoms with Crippen molar-refractivity contribution < 1.29 is 9.53 Å². The summed E-state index contributed by atoms with van der Waals surface area (Å²) >= 11 is 0. The van der Waals surface area contributed by atoms with E-state index in [2.05, 4.69) is 17.4 Å². The smallest absolute Gasteiger partial charge is 0.248 e. The van der Waals surface area contributed by atoms with Gasteiger partial charge in [-0.3, -0.25) is 4.79 Å². The van der Waals surface area contributed by atoms with Gasteiger partial charge in [-0.2, -0.15) is 0 Å². The Morgan fingerprint density at radius 3 is 2.74 bits per heavy atom. The number of carbonyl (C=O) groups excluding carboxylic acids is 1. The zero-order chi connectivity index (χ0) is 13.9. The Morgan fingerprint density at radius 2 is 2.05 bits per heavy atom. The predicted molar refractivity (Wildman–Crippen MR) is 76.9 cm³/mol. The molecule has 0 aliphatic heterocycles. The number of carbonyl (C=O) groups is 1. The average Bonchev–Trinajstić information content (AvgIpc) is 2.46. The molecule has 19 heavy (non-hydrogen) atoms. The van der Waals surface area contributed by atoms with Crippen molar-refractivity contribution in [2.75, 3.05) is 33.4 Å². The number of ether oxygens (including phenoxy) is 1. The zero-order valence-electron chi connectivity index (χ0n) is 11.9. The molecule has 0 spiro atoms. The van der Waals surface area contributed by atoms with E-state index in [0.29, 0.717) is 6.61 Å². The van der Waals surface area contributed by atoms with Crippen LogP contribution in [-0.4, -0.2) is 44.2 Å². The lowest BCUT2D eigenvalue weighted by molar-refractivity contribution is -0.134. The Hall–Kier alpha value is -1.39. The summed E-state index contributed by atoms with van der Waals surface area (Å²) in [6.07, 6.45) is 0.913. The fraction of sp³-hybridized carbons (Fsp3) is 0.533. The summed E-state index contributed by atoms with van der Waals surface area (Å²) in [5.41, 5.74) is 1.28. The van der Waals surface area contributed by atoms with Gasteiger partial charge in [-0.1, -0.05) is 30.3 Å². The molecule has 1 N–H and O–H groups in total. The summed E-state index contributed by atoms with van der Waals surface area (Å²) in [7, 11) is 1.78. The summed E-state index contributed by atoms with van der Waals surface area (Å²) in [5, 5.41) is 3.35. The maximum absolute atomic E-state index is 11.4. The van der Waals surface area contributed by atoms with Crippen LogP contribution in [0.3, 0.4) is 0 Å². The number of nitrogens with zero attached hydrogens (tertiary/aromatic N) is 1. The molecule has 0 aliphatic rings. The van der Waals surface area contributed by atoms with E-state index < -0.39 is 0 Å². The van der Waals surface area contributed by atoms with Crippen LogP contribution in [0.4, 0.5) is 0 Å². The monoisotopic (exact) mass is 264 g/mol. The molecule has 0 radical (unpaired) electrons. The van der Waals surface area contributed by atoms with Crippen LogP contribution in [0.1, 0.15) is 18.9 Å². The van der Waals surface area contributed by atoms with Crippen LogP contribution in [0.2, 0.25) is 0 Å². The van der Waals surface area contributed by atoms with Crippen LogP contribution < -0.4 is 5.32 Å². The maximum atomic E-state index is 11.4. The average molecular weight is 264 g/mol. The third kappa shape index (κ3) is 6.94. The van der Waals surface area contributed by atoms with Crippen molar-refractivity contribution in [1.82, 2.24) is 10.2 Å². The van der Waals surface area contributed by atoms with Crippen molar-refractivity contribution in [2.45, 2.75) is 19.9 Å². The Bertz CT molecular complexity index is 354. The minimum atomic E-state index is 0.0414. The third-order valence-corrected chi connectivity index (χ3v) is 2.94. The van der Waals surface area contributed by atoms with Crippen molar-refractivity contribution in [3.63, 3.8) is 0 Å². The summed E-state index contributed by atoms with van der Waals surface area (Å²) in [6.45, 7) is 5.24. The normalized spacial score (nSPS) is 10.4. The first kappa shape index (κ1) is 15.7. The first-order valence-corrected chi connectivity index (χ1v) is 6.80. The van der Waals surface area contributed by atoms with Crippen molar-refractivity contribution in [3.05, 3.63) is 35.9 Å². The van der Waals surface area contributed by atoms with Gasteiger partial charge < -0.3 is 15.0 Å². The van der Waals surface area contributed by atoms with Gasteiger partial charge in [0.15, 0.2) is 0 Å². The van der Waals surface area contributed by atoms with Gasteiger partial charge >= 0.3 is 0 Å². The highest BCUT2D eigenvalue weighted by Crippen LogP contribution is 1.97. The van der Waals surface area contributed by atoms with Crippen molar-refractivity contribution in [3.8, 4) is 0 Å². The largest absolute Gasteiger partial charge is 0.372 e. The molecular weight excluding hydrogens is 240 g/mol. The summed E-state index contributed by atoms with van der Waals surface area (Å²) in [4.78, 5) is 13.1. The van der Waals surface area contributed by atoms with Crippen LogP contribution in [0.5, 0.6) is 0 Å². The molecule has 1 rings (SSSR count). The first-order valence-electron chi connectivity index (χ1n) is 6.80. The standard InChI is InChI=1S/C15H24N2O2/c1-3-17(2)15(18)13-19-11-7-10-16-12-14-8-5-4-6-9-14/h4-6,8-9,16H,3,7,10-13H2,1-2H3. The first-order chi connectivity index (χ1) is 9.24. The van der Waals surface area contributed by atoms with Crippen LogP contribution in [0.15, 0.2) is 30.3 Å². The van der Waals surface area contributed by atoms with Crippen LogP contribution in [0.25, 0.3) is 0 Å². The summed E-state index contributed by atoms with van der Waals surface area (Å²) < 4.78 is 5.34. The lowest BCUT2D eigenvalue weighted by atomic mass is 10.2. The second-order valence-corrected chi connectivity index (χ2v) is 4.48. The quantitative estimate of drug-likeness (QED) is 0.690. The third-order valence-electron chi connectivity index (χ3n) is 2.94. The second kappa shape index (κ2) is 9.53. The van der Waals surface area contributed by atoms with Gasteiger partial charge in [0, 0.05) is 26.7 Å². The van der Waals surface area contributed by atoms with Crippen LogP contribution >= 0.6 is 0 Å². The molecule has 0 bridgehead atoms. The number of nitrogens with one attached hydrogen (secondary N) is 1. The number of likely N-dealkylation sites (N-methyl/N-ethyl adjacent to an activating group) is 1. The predicted octanol–water partition coefficient (Wildman–Crippen LogP) is 1.66. The minimum Gasteiger partial charge on any atom is -0.372 e. The Balaban J connectivity index is 1.96. The number of hydrogen-bond donors (Lipinski definition) is 1. The van der Waals surface area contributed by atoms with Crippen molar-refractivity contribution in [1.29, 1.82) is 0 Å². The molecule has 1 aromatic rings. The Morgan fingerprint density at radius 1 is 1.32 bits per heavy atom. The molecule has 0 atom stereocenters. The molecule has 1 amide bonds. The summed E-state index contributed by atoms with van der Waals surface area (Å²) in [5.74, 6) is 0.0414. The van der Waals surface area contributed by atoms with Gasteiger partial charge in [-0.05, 0) is 25.5 Å². The molecule has 4 heteroatoms. The van der Waals surface area contributed by atoms with Gasteiger partial charge in [-0.15, -0.1) is 0 Å². The van der Waals surface area contributed by atoms with Gasteiger partial charge in [0.2, 0.25) is 5.91 Å².